The Morgan fingerprint density at radius 2 is 1.80 bits per heavy atom. The van der Waals surface area contributed by atoms with Gasteiger partial charge in [-0.25, -0.2) is 4.79 Å². The number of unbranched alkanes of at least 4 members (excludes halogenated alkanes) is 5. The Kier molecular flexibility index (Phi) is 5.77. The Morgan fingerprint density at radius 3 is 2.50 bits per heavy atom. The number of rotatable bonds is 8. The molecule has 2 fully saturated rings. The van der Waals surface area contributed by atoms with Crippen LogP contribution in [-0.4, -0.2) is 53.5 Å². The first kappa shape index (κ1) is 15.7. The highest BCUT2D eigenvalue weighted by Gasteiger charge is 2.56. The van der Waals surface area contributed by atoms with Crippen LogP contribution >= 0.6 is 0 Å². The van der Waals surface area contributed by atoms with E-state index in [9.17, 15) is 15.0 Å². The van der Waals surface area contributed by atoms with Gasteiger partial charge in [-0.05, 0) is 6.42 Å². The molecule has 2 aliphatic rings. The van der Waals surface area contributed by atoms with Gasteiger partial charge in [0.05, 0.1) is 0 Å². The van der Waals surface area contributed by atoms with Gasteiger partial charge in [-0.3, -0.25) is 0 Å². The van der Waals surface area contributed by atoms with E-state index in [1.54, 1.807) is 0 Å². The molecule has 5 atom stereocenters. The minimum atomic E-state index is -1.32. The molecule has 0 spiro atoms. The van der Waals surface area contributed by atoms with E-state index in [0.717, 1.165) is 12.8 Å². The maximum absolute atomic E-state index is 11.1. The summed E-state index contributed by atoms with van der Waals surface area (Å²) in [6, 6.07) is 0. The third-order valence-corrected chi connectivity index (χ3v) is 3.82. The highest BCUT2D eigenvalue weighted by atomic mass is 16.7. The molecule has 6 heteroatoms. The van der Waals surface area contributed by atoms with Crippen LogP contribution in [0.5, 0.6) is 0 Å². The molecular formula is C14H24O6. The molecule has 0 radical (unpaired) electrons. The molecule has 2 N–H and O–H groups in total. The first-order chi connectivity index (χ1) is 9.65. The van der Waals surface area contributed by atoms with Crippen LogP contribution in [0.4, 0.5) is 0 Å². The van der Waals surface area contributed by atoms with Crippen LogP contribution in [0.2, 0.25) is 0 Å². The Morgan fingerprint density at radius 1 is 1.10 bits per heavy atom. The van der Waals surface area contributed by atoms with Crippen molar-refractivity contribution in [2.75, 3.05) is 6.61 Å². The third kappa shape index (κ3) is 3.49. The monoisotopic (exact) mass is 288 g/mol. The molecule has 2 rings (SSSR count). The molecule has 0 aliphatic carbocycles. The van der Waals surface area contributed by atoms with E-state index >= 15 is 0 Å². The number of aliphatic hydroxyl groups is 2. The second kappa shape index (κ2) is 7.36. The molecule has 0 bridgehead atoms. The van der Waals surface area contributed by atoms with Crippen molar-refractivity contribution in [2.24, 2.45) is 0 Å². The van der Waals surface area contributed by atoms with Crippen LogP contribution in [-0.2, 0) is 19.0 Å². The molecule has 0 aromatic heterocycles. The zero-order valence-electron chi connectivity index (χ0n) is 11.9. The van der Waals surface area contributed by atoms with Crippen molar-refractivity contribution >= 4 is 5.97 Å². The highest BCUT2D eigenvalue weighted by molar-refractivity contribution is 5.78. The number of aliphatic hydroxyl groups excluding tert-OH is 2. The number of hydrogen-bond donors (Lipinski definition) is 2. The lowest BCUT2D eigenvalue weighted by Gasteiger charge is -2.17. The van der Waals surface area contributed by atoms with Crippen molar-refractivity contribution in [2.45, 2.75) is 76.2 Å². The average molecular weight is 288 g/mol. The van der Waals surface area contributed by atoms with E-state index in [4.69, 9.17) is 14.2 Å². The SMILES string of the molecule is CCCCCCCCO[C@@H]1O[C@H]2[C@H](OC(=O)[C@H]2O)[C@H]1O. The van der Waals surface area contributed by atoms with Gasteiger partial charge >= 0.3 is 5.97 Å². The van der Waals surface area contributed by atoms with Gasteiger partial charge in [0, 0.05) is 6.61 Å². The zero-order valence-corrected chi connectivity index (χ0v) is 11.9. The number of carbonyl (C=O) groups is 1. The van der Waals surface area contributed by atoms with Crippen LogP contribution in [0.3, 0.4) is 0 Å². The molecular weight excluding hydrogens is 264 g/mol. The fraction of sp³-hybridized carbons (Fsp3) is 0.929. The van der Waals surface area contributed by atoms with Gasteiger partial charge in [-0.15, -0.1) is 0 Å². The predicted octanol–water partition coefficient (Wildman–Crippen LogP) is 0.736. The van der Waals surface area contributed by atoms with Gasteiger partial charge in [0.15, 0.2) is 18.5 Å². The van der Waals surface area contributed by atoms with Gasteiger partial charge < -0.3 is 24.4 Å². The summed E-state index contributed by atoms with van der Waals surface area (Å²) in [6.07, 6.45) is 2.13. The van der Waals surface area contributed by atoms with Crippen LogP contribution < -0.4 is 0 Å². The molecule has 0 unspecified atom stereocenters. The fourth-order valence-corrected chi connectivity index (χ4v) is 2.61. The van der Waals surface area contributed by atoms with Crippen molar-refractivity contribution in [1.82, 2.24) is 0 Å². The van der Waals surface area contributed by atoms with E-state index in [2.05, 4.69) is 6.92 Å². The highest BCUT2D eigenvalue weighted by Crippen LogP contribution is 2.32. The van der Waals surface area contributed by atoms with Crippen LogP contribution in [0.25, 0.3) is 0 Å². The fourth-order valence-electron chi connectivity index (χ4n) is 2.61. The van der Waals surface area contributed by atoms with Crippen molar-refractivity contribution in [3.05, 3.63) is 0 Å². The Labute approximate surface area is 119 Å². The summed E-state index contributed by atoms with van der Waals surface area (Å²) in [6.45, 7) is 2.68. The Bertz CT molecular complexity index is 321. The number of fused-ring (bicyclic) bond motifs is 1. The summed E-state index contributed by atoms with van der Waals surface area (Å²) < 4.78 is 15.7. The van der Waals surface area contributed by atoms with Crippen molar-refractivity contribution in [1.29, 1.82) is 0 Å². The number of hydrogen-bond acceptors (Lipinski definition) is 6. The zero-order chi connectivity index (χ0) is 14.5. The number of esters is 1. The molecule has 0 amide bonds. The quantitative estimate of drug-likeness (QED) is 0.506. The minimum absolute atomic E-state index is 0.497. The normalized spacial score (nSPS) is 36.1. The lowest BCUT2D eigenvalue weighted by molar-refractivity contribution is -0.187. The van der Waals surface area contributed by atoms with Crippen molar-refractivity contribution in [3.8, 4) is 0 Å². The third-order valence-electron chi connectivity index (χ3n) is 3.82. The van der Waals surface area contributed by atoms with Crippen LogP contribution in [0.1, 0.15) is 45.4 Å². The predicted molar refractivity (Wildman–Crippen MR) is 69.9 cm³/mol. The summed E-state index contributed by atoms with van der Waals surface area (Å²) in [5, 5.41) is 19.5. The summed E-state index contributed by atoms with van der Waals surface area (Å²) in [4.78, 5) is 11.1. The van der Waals surface area contributed by atoms with Crippen molar-refractivity contribution < 1.29 is 29.2 Å². The lowest BCUT2D eigenvalue weighted by atomic mass is 10.1. The van der Waals surface area contributed by atoms with Gasteiger partial charge in [0.2, 0.25) is 0 Å². The maximum atomic E-state index is 11.1. The van der Waals surface area contributed by atoms with Gasteiger partial charge in [0.1, 0.15) is 12.2 Å². The second-order valence-electron chi connectivity index (χ2n) is 5.44. The van der Waals surface area contributed by atoms with E-state index in [0.29, 0.717) is 6.61 Å². The molecule has 2 aliphatic heterocycles. The molecule has 116 valence electrons. The average Bonchev–Trinajstić information content (AvgIpc) is 2.88. The molecule has 2 saturated heterocycles. The maximum Gasteiger partial charge on any atom is 0.338 e. The first-order valence-corrected chi connectivity index (χ1v) is 7.49. The summed E-state index contributed by atoms with van der Waals surface area (Å²) >= 11 is 0. The number of ether oxygens (including phenoxy) is 3. The Balaban J connectivity index is 1.62. The Hall–Kier alpha value is -0.690. The van der Waals surface area contributed by atoms with Gasteiger partial charge in [-0.1, -0.05) is 39.0 Å². The molecule has 2 heterocycles. The summed E-state index contributed by atoms with van der Waals surface area (Å²) in [7, 11) is 0. The molecule has 0 aromatic rings. The van der Waals surface area contributed by atoms with Gasteiger partial charge in [-0.2, -0.15) is 0 Å². The summed E-state index contributed by atoms with van der Waals surface area (Å²) in [5.74, 6) is -0.742. The van der Waals surface area contributed by atoms with Crippen LogP contribution in [0, 0.1) is 0 Å². The minimum Gasteiger partial charge on any atom is -0.454 e. The van der Waals surface area contributed by atoms with E-state index in [1.807, 2.05) is 0 Å². The molecule has 6 nitrogen and oxygen atoms in total. The largest absolute Gasteiger partial charge is 0.454 e. The number of carbonyl (C=O) groups excluding carboxylic acids is 1. The van der Waals surface area contributed by atoms with E-state index in [1.165, 1.54) is 25.7 Å². The second-order valence-corrected chi connectivity index (χ2v) is 5.44. The standard InChI is InChI=1S/C14H24O6/c1-2-3-4-5-6-7-8-18-14-10(16)12-11(20-14)9(15)13(17)19-12/h9-12,14-16H,2-8H2,1H3/t9-,10+,11+,12+,14+/m0/s1. The lowest BCUT2D eigenvalue weighted by Crippen LogP contribution is -2.33. The topological polar surface area (TPSA) is 85.2 Å². The van der Waals surface area contributed by atoms with Crippen LogP contribution in [0.15, 0.2) is 0 Å². The van der Waals surface area contributed by atoms with Gasteiger partial charge in [0.25, 0.3) is 0 Å². The van der Waals surface area contributed by atoms with E-state index < -0.39 is 36.7 Å². The molecule has 0 aromatic carbocycles. The molecule has 20 heavy (non-hydrogen) atoms. The van der Waals surface area contributed by atoms with E-state index in [-0.39, 0.29) is 0 Å². The first-order valence-electron chi connectivity index (χ1n) is 7.49. The summed E-state index contributed by atoms with van der Waals surface area (Å²) in [5.41, 5.74) is 0. The molecule has 0 saturated carbocycles. The van der Waals surface area contributed by atoms with Crippen molar-refractivity contribution in [3.63, 3.8) is 0 Å². The smallest absolute Gasteiger partial charge is 0.338 e.